The van der Waals surface area contributed by atoms with Crippen molar-refractivity contribution in [3.05, 3.63) is 0 Å². The number of carboxylic acids is 1. The number of hydrogen-bond donors (Lipinski definition) is 3. The molecule has 0 spiro atoms. The van der Waals surface area contributed by atoms with Crippen LogP contribution in [0.25, 0.3) is 0 Å². The predicted octanol–water partition coefficient (Wildman–Crippen LogP) is 0.600. The Labute approximate surface area is 102 Å². The molecular weight excluding hydrogens is 220 g/mol. The van der Waals surface area contributed by atoms with Crippen molar-refractivity contribution in [1.82, 2.24) is 10.6 Å². The largest absolute Gasteiger partial charge is 0.480 e. The summed E-state index contributed by atoms with van der Waals surface area (Å²) >= 11 is 0. The van der Waals surface area contributed by atoms with E-state index in [2.05, 4.69) is 10.6 Å². The van der Waals surface area contributed by atoms with Gasteiger partial charge in [0.2, 0.25) is 5.91 Å². The number of hydrogen-bond acceptors (Lipinski definition) is 3. The van der Waals surface area contributed by atoms with Gasteiger partial charge in [0.15, 0.2) is 0 Å². The zero-order valence-electron chi connectivity index (χ0n) is 10.7. The van der Waals surface area contributed by atoms with Gasteiger partial charge in [-0.15, -0.1) is 0 Å². The highest BCUT2D eigenvalue weighted by Gasteiger charge is 2.33. The first-order chi connectivity index (χ1) is 7.97. The summed E-state index contributed by atoms with van der Waals surface area (Å²) in [6.45, 7) is 6.58. The second-order valence-corrected chi connectivity index (χ2v) is 4.91. The number of carbonyl (C=O) groups excluding carboxylic acids is 1. The number of carbonyl (C=O) groups is 2. The number of aliphatic carboxylic acids is 1. The van der Waals surface area contributed by atoms with E-state index in [9.17, 15) is 9.59 Å². The van der Waals surface area contributed by atoms with Gasteiger partial charge in [-0.25, -0.2) is 4.79 Å². The van der Waals surface area contributed by atoms with Gasteiger partial charge in [-0.1, -0.05) is 27.2 Å². The lowest BCUT2D eigenvalue weighted by atomic mass is 9.97. The lowest BCUT2D eigenvalue weighted by Crippen LogP contribution is -2.52. The van der Waals surface area contributed by atoms with Gasteiger partial charge in [0.1, 0.15) is 6.04 Å². The highest BCUT2D eigenvalue weighted by Crippen LogP contribution is 2.15. The Morgan fingerprint density at radius 3 is 2.59 bits per heavy atom. The number of carboxylic acid groups (broad SMARTS) is 1. The molecule has 1 aliphatic rings. The van der Waals surface area contributed by atoms with Gasteiger partial charge >= 0.3 is 5.97 Å². The van der Waals surface area contributed by atoms with Crippen LogP contribution in [0.15, 0.2) is 0 Å². The molecule has 0 bridgehead atoms. The molecule has 0 aromatic rings. The SMILES string of the molecule is CCC(C)[C@H](NC(=O)C1NCCC1C)C(=O)O. The second-order valence-electron chi connectivity index (χ2n) is 4.91. The normalized spacial score (nSPS) is 27.5. The standard InChI is InChI=1S/C12H22N2O3/c1-4-7(2)10(12(16)17)14-11(15)9-8(3)5-6-13-9/h7-10,13H,4-6H2,1-3H3,(H,14,15)(H,16,17)/t7?,8?,9?,10-/m0/s1. The van der Waals surface area contributed by atoms with E-state index in [1.165, 1.54) is 0 Å². The molecule has 1 heterocycles. The van der Waals surface area contributed by atoms with Gasteiger partial charge in [-0.05, 0) is 24.8 Å². The van der Waals surface area contributed by atoms with Gasteiger partial charge < -0.3 is 15.7 Å². The molecule has 1 saturated heterocycles. The summed E-state index contributed by atoms with van der Waals surface area (Å²) in [5.74, 6) is -0.949. The average Bonchev–Trinajstić information content (AvgIpc) is 2.70. The zero-order valence-corrected chi connectivity index (χ0v) is 10.7. The molecule has 0 saturated carbocycles. The quantitative estimate of drug-likeness (QED) is 0.659. The van der Waals surface area contributed by atoms with Crippen molar-refractivity contribution in [1.29, 1.82) is 0 Å². The molecule has 3 unspecified atom stereocenters. The van der Waals surface area contributed by atoms with E-state index >= 15 is 0 Å². The topological polar surface area (TPSA) is 78.4 Å². The Kier molecular flexibility index (Phi) is 4.93. The molecule has 98 valence electrons. The van der Waals surface area contributed by atoms with Gasteiger partial charge in [-0.2, -0.15) is 0 Å². The van der Waals surface area contributed by atoms with Crippen molar-refractivity contribution in [3.63, 3.8) is 0 Å². The lowest BCUT2D eigenvalue weighted by molar-refractivity contribution is -0.143. The molecule has 1 rings (SSSR count). The van der Waals surface area contributed by atoms with Crippen LogP contribution < -0.4 is 10.6 Å². The summed E-state index contributed by atoms with van der Waals surface area (Å²) in [5, 5.41) is 14.8. The minimum absolute atomic E-state index is 0.0619. The van der Waals surface area contributed by atoms with E-state index in [4.69, 9.17) is 5.11 Å². The van der Waals surface area contributed by atoms with Crippen LogP contribution in [-0.4, -0.2) is 35.6 Å². The predicted molar refractivity (Wildman–Crippen MR) is 64.6 cm³/mol. The lowest BCUT2D eigenvalue weighted by Gasteiger charge is -2.23. The molecular formula is C12H22N2O3. The summed E-state index contributed by atoms with van der Waals surface area (Å²) in [7, 11) is 0. The summed E-state index contributed by atoms with van der Waals surface area (Å²) in [4.78, 5) is 23.1. The highest BCUT2D eigenvalue weighted by molar-refractivity contribution is 5.87. The fourth-order valence-corrected chi connectivity index (χ4v) is 2.11. The van der Waals surface area contributed by atoms with E-state index in [-0.39, 0.29) is 23.8 Å². The van der Waals surface area contributed by atoms with E-state index in [1.807, 2.05) is 20.8 Å². The van der Waals surface area contributed by atoms with E-state index < -0.39 is 12.0 Å². The van der Waals surface area contributed by atoms with Crippen molar-refractivity contribution in [3.8, 4) is 0 Å². The van der Waals surface area contributed by atoms with Gasteiger partial charge in [0.25, 0.3) is 0 Å². The van der Waals surface area contributed by atoms with Crippen LogP contribution in [0.2, 0.25) is 0 Å². The van der Waals surface area contributed by atoms with Crippen LogP contribution in [0.4, 0.5) is 0 Å². The molecule has 1 amide bonds. The third-order valence-corrected chi connectivity index (χ3v) is 3.59. The summed E-state index contributed by atoms with van der Waals surface area (Å²) < 4.78 is 0. The number of rotatable bonds is 5. The average molecular weight is 242 g/mol. The van der Waals surface area contributed by atoms with Crippen molar-refractivity contribution >= 4 is 11.9 Å². The summed E-state index contributed by atoms with van der Waals surface area (Å²) in [5.41, 5.74) is 0. The number of amides is 1. The molecule has 1 aliphatic heterocycles. The van der Waals surface area contributed by atoms with Crippen molar-refractivity contribution in [2.75, 3.05) is 6.54 Å². The van der Waals surface area contributed by atoms with Crippen LogP contribution in [0.3, 0.4) is 0 Å². The molecule has 0 radical (unpaired) electrons. The number of nitrogens with one attached hydrogen (secondary N) is 2. The maximum Gasteiger partial charge on any atom is 0.326 e. The van der Waals surface area contributed by atoms with E-state index in [0.29, 0.717) is 0 Å². The Bertz CT molecular complexity index is 293. The summed E-state index contributed by atoms with van der Waals surface area (Å²) in [6.07, 6.45) is 1.68. The maximum atomic E-state index is 12.0. The van der Waals surface area contributed by atoms with Crippen LogP contribution in [-0.2, 0) is 9.59 Å². The third kappa shape index (κ3) is 3.43. The molecule has 0 aliphatic carbocycles. The smallest absolute Gasteiger partial charge is 0.326 e. The minimum atomic E-state index is -0.960. The van der Waals surface area contributed by atoms with Crippen molar-refractivity contribution < 1.29 is 14.7 Å². The van der Waals surface area contributed by atoms with Crippen LogP contribution in [0.1, 0.15) is 33.6 Å². The van der Waals surface area contributed by atoms with Crippen molar-refractivity contribution in [2.24, 2.45) is 11.8 Å². The molecule has 1 fully saturated rings. The molecule has 17 heavy (non-hydrogen) atoms. The van der Waals surface area contributed by atoms with Gasteiger partial charge in [-0.3, -0.25) is 4.79 Å². The summed E-state index contributed by atoms with van der Waals surface area (Å²) in [6, 6.07) is -1.04. The monoisotopic (exact) mass is 242 g/mol. The van der Waals surface area contributed by atoms with Gasteiger partial charge in [0.05, 0.1) is 6.04 Å². The zero-order chi connectivity index (χ0) is 13.0. The van der Waals surface area contributed by atoms with Crippen molar-refractivity contribution in [2.45, 2.75) is 45.7 Å². The third-order valence-electron chi connectivity index (χ3n) is 3.59. The van der Waals surface area contributed by atoms with Crippen LogP contribution in [0, 0.1) is 11.8 Å². The minimum Gasteiger partial charge on any atom is -0.480 e. The first kappa shape index (κ1) is 14.0. The molecule has 3 N–H and O–H groups in total. The van der Waals surface area contributed by atoms with Crippen LogP contribution in [0.5, 0.6) is 0 Å². The molecule has 5 heteroatoms. The first-order valence-electron chi connectivity index (χ1n) is 6.24. The Hall–Kier alpha value is -1.10. The highest BCUT2D eigenvalue weighted by atomic mass is 16.4. The second kappa shape index (κ2) is 6.00. The Morgan fingerprint density at radius 2 is 2.18 bits per heavy atom. The molecule has 5 nitrogen and oxygen atoms in total. The Morgan fingerprint density at radius 1 is 1.53 bits per heavy atom. The first-order valence-corrected chi connectivity index (χ1v) is 6.24. The van der Waals surface area contributed by atoms with E-state index in [1.54, 1.807) is 0 Å². The molecule has 4 atom stereocenters. The van der Waals surface area contributed by atoms with Gasteiger partial charge in [0, 0.05) is 0 Å². The fraction of sp³-hybridized carbons (Fsp3) is 0.833. The molecule has 0 aromatic carbocycles. The fourth-order valence-electron chi connectivity index (χ4n) is 2.11. The maximum absolute atomic E-state index is 12.0. The molecule has 0 aromatic heterocycles. The van der Waals surface area contributed by atoms with Crippen LogP contribution >= 0.6 is 0 Å². The Balaban J connectivity index is 2.61. The van der Waals surface area contributed by atoms with E-state index in [0.717, 1.165) is 19.4 Å².